The van der Waals surface area contributed by atoms with E-state index in [1.807, 2.05) is 51.1 Å². The van der Waals surface area contributed by atoms with Gasteiger partial charge in [-0.2, -0.15) is 4.37 Å². The number of unbranched alkanes of at least 4 members (excludes halogenated alkanes) is 5. The van der Waals surface area contributed by atoms with E-state index < -0.39 is 18.0 Å². The number of hydrogen-bond donors (Lipinski definition) is 0. The molecule has 42 heavy (non-hydrogen) atoms. The molecule has 2 heterocycles. The van der Waals surface area contributed by atoms with Crippen molar-refractivity contribution >= 4 is 29.4 Å². The molecule has 0 N–H and O–H groups in total. The summed E-state index contributed by atoms with van der Waals surface area (Å²) in [6.07, 6.45) is 8.68. The molecule has 1 aliphatic heterocycles. The molecule has 0 bridgehead atoms. The highest BCUT2D eigenvalue weighted by Gasteiger charge is 2.41. The van der Waals surface area contributed by atoms with Gasteiger partial charge in [0.25, 0.3) is 12.1 Å². The Morgan fingerprint density at radius 3 is 2.48 bits per heavy atom. The first kappa shape index (κ1) is 33.5. The van der Waals surface area contributed by atoms with Gasteiger partial charge in [0.2, 0.25) is 0 Å². The molecule has 2 aromatic rings. The van der Waals surface area contributed by atoms with Crippen molar-refractivity contribution in [1.82, 2.24) is 8.75 Å². The number of aromatic nitrogens is 2. The van der Waals surface area contributed by atoms with E-state index in [9.17, 15) is 9.59 Å². The van der Waals surface area contributed by atoms with Gasteiger partial charge in [-0.15, -0.1) is 4.37 Å². The maximum atomic E-state index is 12.9. The van der Waals surface area contributed by atoms with Crippen molar-refractivity contribution in [2.45, 2.75) is 97.3 Å². The Bertz CT molecular complexity index is 1150. The number of esters is 1. The molecule has 2 atom stereocenters. The summed E-state index contributed by atoms with van der Waals surface area (Å²) in [5.41, 5.74) is 2.24. The van der Waals surface area contributed by atoms with Gasteiger partial charge in [0.15, 0.2) is 0 Å². The van der Waals surface area contributed by atoms with Crippen LogP contribution in [0, 0.1) is 0 Å². The zero-order valence-corrected chi connectivity index (χ0v) is 26.7. The minimum Gasteiger partial charge on any atom is -0.475 e. The normalized spacial score (nSPS) is 17.7. The van der Waals surface area contributed by atoms with Gasteiger partial charge in [-0.3, -0.25) is 9.28 Å². The van der Waals surface area contributed by atoms with Crippen LogP contribution in [-0.2, 0) is 19.0 Å². The highest BCUT2D eigenvalue weighted by atomic mass is 32.1. The van der Waals surface area contributed by atoms with Crippen LogP contribution in [0.25, 0.3) is 5.57 Å². The number of carbonyl (C=O) groups excluding carboxylic acids is 2. The molecular formula is C32H48N3O6S+. The fourth-order valence-electron chi connectivity index (χ4n) is 5.00. The number of carbonyl (C=O) groups is 2. The standard InChI is InChI=1S/C32H48N3O6S/c1-6-7-8-14-22-38-29-28(33-42-34-29)26-19-16-21-35(5,24-26)30(25-17-11-9-12-18-25)40-31(37)39-23-15-10-13-20-27(36)41-32(2,3)4/h9,11-12,17-19,30H,6-8,10,13-16,20-24H2,1-5H3/q+1. The predicted octanol–water partition coefficient (Wildman–Crippen LogP) is 7.49. The topological polar surface area (TPSA) is 96.8 Å². The molecule has 10 heteroatoms. The Labute approximate surface area is 255 Å². The fraction of sp³-hybridized carbons (Fsp3) is 0.625. The van der Waals surface area contributed by atoms with Gasteiger partial charge in [0, 0.05) is 18.4 Å². The fourth-order valence-corrected chi connectivity index (χ4v) is 5.53. The summed E-state index contributed by atoms with van der Waals surface area (Å²) in [5.74, 6) is 0.374. The van der Waals surface area contributed by atoms with Crippen molar-refractivity contribution < 1.29 is 33.0 Å². The lowest BCUT2D eigenvalue weighted by molar-refractivity contribution is -0.953. The highest BCUT2D eigenvalue weighted by molar-refractivity contribution is 6.99. The Hall–Kier alpha value is -2.98. The summed E-state index contributed by atoms with van der Waals surface area (Å²) in [7, 11) is 2.10. The van der Waals surface area contributed by atoms with Crippen LogP contribution in [0.3, 0.4) is 0 Å². The van der Waals surface area contributed by atoms with Crippen molar-refractivity contribution in [2.24, 2.45) is 0 Å². The number of benzene rings is 1. The highest BCUT2D eigenvalue weighted by Crippen LogP contribution is 2.37. The molecular weight excluding hydrogens is 554 g/mol. The van der Waals surface area contributed by atoms with Crippen molar-refractivity contribution in [2.75, 3.05) is 33.4 Å². The zero-order valence-electron chi connectivity index (χ0n) is 25.9. The molecule has 232 valence electrons. The minimum absolute atomic E-state index is 0.209. The Morgan fingerprint density at radius 1 is 1.00 bits per heavy atom. The Balaban J connectivity index is 1.58. The summed E-state index contributed by atoms with van der Waals surface area (Å²) < 4.78 is 32.3. The number of hydrogen-bond acceptors (Lipinski definition) is 9. The van der Waals surface area contributed by atoms with Gasteiger partial charge >= 0.3 is 12.1 Å². The van der Waals surface area contributed by atoms with Crippen molar-refractivity contribution in [1.29, 1.82) is 0 Å². The van der Waals surface area contributed by atoms with Gasteiger partial charge in [-0.25, -0.2) is 4.79 Å². The van der Waals surface area contributed by atoms with Crippen molar-refractivity contribution in [3.05, 3.63) is 47.7 Å². The maximum absolute atomic E-state index is 12.9. The molecule has 0 amide bonds. The van der Waals surface area contributed by atoms with Gasteiger partial charge < -0.3 is 18.9 Å². The first-order valence-corrected chi connectivity index (χ1v) is 15.9. The summed E-state index contributed by atoms with van der Waals surface area (Å²) in [4.78, 5) is 24.8. The van der Waals surface area contributed by atoms with Crippen LogP contribution in [0.4, 0.5) is 4.79 Å². The molecule has 0 saturated carbocycles. The molecule has 2 unspecified atom stereocenters. The van der Waals surface area contributed by atoms with Crippen molar-refractivity contribution in [3.8, 4) is 5.88 Å². The molecule has 0 fully saturated rings. The van der Waals surface area contributed by atoms with Crippen LogP contribution < -0.4 is 4.74 Å². The maximum Gasteiger partial charge on any atom is 0.513 e. The number of likely N-dealkylation sites (N-methyl/N-ethyl adjacent to an activating group) is 1. The quantitative estimate of drug-likeness (QED) is 0.111. The van der Waals surface area contributed by atoms with E-state index in [4.69, 9.17) is 18.9 Å². The number of ether oxygens (including phenoxy) is 4. The summed E-state index contributed by atoms with van der Waals surface area (Å²) >= 11 is 1.16. The molecule has 0 saturated heterocycles. The first-order valence-electron chi connectivity index (χ1n) is 15.2. The average Bonchev–Trinajstić information content (AvgIpc) is 3.41. The predicted molar refractivity (Wildman–Crippen MR) is 164 cm³/mol. The second-order valence-corrected chi connectivity index (χ2v) is 12.6. The Kier molecular flexibility index (Phi) is 13.3. The van der Waals surface area contributed by atoms with Crippen LogP contribution in [0.15, 0.2) is 36.4 Å². The molecule has 0 radical (unpaired) electrons. The molecule has 9 nitrogen and oxygen atoms in total. The lowest BCUT2D eigenvalue weighted by atomic mass is 10.0. The molecule has 0 aliphatic carbocycles. The van der Waals surface area contributed by atoms with E-state index in [1.165, 1.54) is 12.8 Å². The number of rotatable bonds is 16. The lowest BCUT2D eigenvalue weighted by Crippen LogP contribution is -2.51. The Morgan fingerprint density at radius 2 is 1.74 bits per heavy atom. The first-order chi connectivity index (χ1) is 20.1. The molecule has 1 aromatic heterocycles. The van der Waals surface area contributed by atoms with E-state index in [-0.39, 0.29) is 12.6 Å². The third-order valence-corrected chi connectivity index (χ3v) is 7.60. The molecule has 1 aliphatic rings. The minimum atomic E-state index is -0.696. The third kappa shape index (κ3) is 11.0. The van der Waals surface area contributed by atoms with Gasteiger partial charge in [-0.05, 0) is 58.6 Å². The lowest BCUT2D eigenvalue weighted by Gasteiger charge is -2.42. The molecule has 3 rings (SSSR count). The van der Waals surface area contributed by atoms with Crippen LogP contribution in [-0.4, -0.2) is 64.3 Å². The average molecular weight is 603 g/mol. The van der Waals surface area contributed by atoms with Gasteiger partial charge in [0.1, 0.15) is 17.8 Å². The van der Waals surface area contributed by atoms with E-state index in [1.54, 1.807) is 0 Å². The largest absolute Gasteiger partial charge is 0.513 e. The third-order valence-electron chi connectivity index (χ3n) is 7.09. The second-order valence-electron chi connectivity index (χ2n) is 12.1. The van der Waals surface area contributed by atoms with E-state index in [0.717, 1.165) is 60.8 Å². The van der Waals surface area contributed by atoms with Crippen LogP contribution in [0.1, 0.15) is 103 Å². The van der Waals surface area contributed by atoms with E-state index in [0.29, 0.717) is 42.8 Å². The van der Waals surface area contributed by atoms with Gasteiger partial charge in [0.05, 0.1) is 44.1 Å². The summed E-state index contributed by atoms with van der Waals surface area (Å²) in [6.45, 7) is 10.0. The molecule has 0 spiro atoms. The number of nitrogens with zero attached hydrogens (tertiary/aromatic N) is 3. The van der Waals surface area contributed by atoms with E-state index >= 15 is 0 Å². The molecule has 1 aromatic carbocycles. The second kappa shape index (κ2) is 16.6. The monoisotopic (exact) mass is 602 g/mol. The van der Waals surface area contributed by atoms with Crippen molar-refractivity contribution in [3.63, 3.8) is 0 Å². The van der Waals surface area contributed by atoms with Crippen LogP contribution in [0.2, 0.25) is 0 Å². The SMILES string of the molecule is CCCCCCOc1nsnc1C1=CCC[N+](C)(C(OC(=O)OCCCCCC(=O)OC(C)(C)C)c2ccccc2)C1. The van der Waals surface area contributed by atoms with Gasteiger partial charge in [-0.1, -0.05) is 50.5 Å². The van der Waals surface area contributed by atoms with E-state index in [2.05, 4.69) is 28.8 Å². The smallest absolute Gasteiger partial charge is 0.475 e. The number of quaternary nitrogens is 1. The van der Waals surface area contributed by atoms with Crippen LogP contribution >= 0.6 is 11.7 Å². The zero-order chi connectivity index (χ0) is 30.4. The summed E-state index contributed by atoms with van der Waals surface area (Å²) in [6, 6.07) is 9.80. The summed E-state index contributed by atoms with van der Waals surface area (Å²) in [5, 5.41) is 0. The van der Waals surface area contributed by atoms with Crippen LogP contribution in [0.5, 0.6) is 5.88 Å².